The van der Waals surface area contributed by atoms with Crippen LogP contribution in [0.25, 0.3) is 0 Å². The molecule has 0 spiro atoms. The van der Waals surface area contributed by atoms with Crippen LogP contribution < -0.4 is 0 Å². The molecule has 1 nitrogen and oxygen atoms in total. The van der Waals surface area contributed by atoms with E-state index in [1.807, 2.05) is 6.20 Å². The summed E-state index contributed by atoms with van der Waals surface area (Å²) in [6.45, 7) is 4.56. The molecule has 1 aromatic rings. The molecule has 0 amide bonds. The van der Waals surface area contributed by atoms with Crippen LogP contribution in [-0.4, -0.2) is 4.37 Å². The highest BCUT2D eigenvalue weighted by molar-refractivity contribution is 7.03. The molecule has 1 aromatic heterocycles. The van der Waals surface area contributed by atoms with Crippen molar-refractivity contribution in [3.8, 4) is 0 Å². The first-order valence-corrected chi connectivity index (χ1v) is 6.07. The largest absolute Gasteiger partial charge is 0.201 e. The summed E-state index contributed by atoms with van der Waals surface area (Å²) in [5.41, 5.74) is 1.42. The third-order valence-electron chi connectivity index (χ3n) is 2.51. The smallest absolute Gasteiger partial charge is 0.0441 e. The molecule has 0 bridgehead atoms. The third-order valence-corrected chi connectivity index (χ3v) is 3.12. The number of hydrogen-bond donors (Lipinski definition) is 0. The van der Waals surface area contributed by atoms with Gasteiger partial charge in [-0.25, -0.2) is 4.37 Å². The fourth-order valence-electron chi connectivity index (χ4n) is 1.50. The minimum Gasteiger partial charge on any atom is -0.201 e. The van der Waals surface area contributed by atoms with E-state index >= 15 is 0 Å². The lowest BCUT2D eigenvalue weighted by molar-refractivity contribution is 0.580. The highest BCUT2D eigenvalue weighted by Crippen LogP contribution is 2.22. The summed E-state index contributed by atoms with van der Waals surface area (Å²) in [5, 5.41) is 2.17. The highest BCUT2D eigenvalue weighted by atomic mass is 32.1. The van der Waals surface area contributed by atoms with Crippen LogP contribution in [0.3, 0.4) is 0 Å². The molecule has 1 heterocycles. The van der Waals surface area contributed by atoms with Gasteiger partial charge < -0.3 is 0 Å². The first kappa shape index (κ1) is 10.7. The molecule has 0 aromatic carbocycles. The van der Waals surface area contributed by atoms with E-state index in [1.165, 1.54) is 37.7 Å². The van der Waals surface area contributed by atoms with E-state index in [-0.39, 0.29) is 0 Å². The zero-order chi connectivity index (χ0) is 9.52. The number of nitrogens with zero attached hydrogens (tertiary/aromatic N) is 1. The molecule has 0 aliphatic heterocycles. The number of rotatable bonds is 6. The molecule has 0 saturated heterocycles. The average molecular weight is 197 g/mol. The van der Waals surface area contributed by atoms with Crippen LogP contribution in [-0.2, 0) is 0 Å². The van der Waals surface area contributed by atoms with Gasteiger partial charge in [-0.15, -0.1) is 0 Å². The summed E-state index contributed by atoms with van der Waals surface area (Å²) in [5.74, 6) is 0.704. The molecule has 0 saturated carbocycles. The number of unbranched alkanes of at least 4 members (excludes halogenated alkanes) is 3. The van der Waals surface area contributed by atoms with Gasteiger partial charge in [0.2, 0.25) is 0 Å². The first-order chi connectivity index (χ1) is 6.34. The standard InChI is InChI=1S/C11H19NS/c1-3-4-5-6-7-10(2)11-8-12-13-9-11/h8-10H,3-7H2,1-2H3. The van der Waals surface area contributed by atoms with Gasteiger partial charge in [0.05, 0.1) is 0 Å². The van der Waals surface area contributed by atoms with E-state index in [0.717, 1.165) is 0 Å². The van der Waals surface area contributed by atoms with Crippen molar-refractivity contribution in [1.29, 1.82) is 0 Å². The van der Waals surface area contributed by atoms with Gasteiger partial charge in [0.25, 0.3) is 0 Å². The summed E-state index contributed by atoms with van der Waals surface area (Å²) in [6, 6.07) is 0. The molecule has 0 N–H and O–H groups in total. The Morgan fingerprint density at radius 2 is 2.23 bits per heavy atom. The molecule has 1 rings (SSSR count). The average Bonchev–Trinajstić information content (AvgIpc) is 2.65. The van der Waals surface area contributed by atoms with Crippen molar-refractivity contribution < 1.29 is 0 Å². The molecule has 0 fully saturated rings. The van der Waals surface area contributed by atoms with Crippen molar-refractivity contribution in [2.24, 2.45) is 0 Å². The van der Waals surface area contributed by atoms with E-state index in [4.69, 9.17) is 0 Å². The molecule has 0 aliphatic rings. The Bertz CT molecular complexity index is 206. The van der Waals surface area contributed by atoms with Gasteiger partial charge in [0.15, 0.2) is 0 Å². The van der Waals surface area contributed by atoms with Gasteiger partial charge >= 0.3 is 0 Å². The second-order valence-electron chi connectivity index (χ2n) is 3.71. The molecule has 2 heteroatoms. The molecule has 0 radical (unpaired) electrons. The van der Waals surface area contributed by atoms with Crippen molar-refractivity contribution in [1.82, 2.24) is 4.37 Å². The Kier molecular flexibility index (Phi) is 5.06. The van der Waals surface area contributed by atoms with E-state index < -0.39 is 0 Å². The van der Waals surface area contributed by atoms with Gasteiger partial charge in [0.1, 0.15) is 0 Å². The SMILES string of the molecule is CCCCCCC(C)c1cnsc1. The van der Waals surface area contributed by atoms with E-state index in [9.17, 15) is 0 Å². The van der Waals surface area contributed by atoms with E-state index in [1.54, 1.807) is 11.5 Å². The lowest BCUT2D eigenvalue weighted by Crippen LogP contribution is -1.91. The fraction of sp³-hybridized carbons (Fsp3) is 0.727. The molecule has 0 aliphatic carbocycles. The summed E-state index contributed by atoms with van der Waals surface area (Å²) >= 11 is 1.56. The van der Waals surface area contributed by atoms with Crippen LogP contribution in [0, 0.1) is 0 Å². The molecule has 1 atom stereocenters. The predicted octanol–water partition coefficient (Wildman–Crippen LogP) is 4.22. The van der Waals surface area contributed by atoms with Gasteiger partial charge in [0, 0.05) is 11.6 Å². The Labute approximate surface area is 85.4 Å². The third kappa shape index (κ3) is 3.90. The Hall–Kier alpha value is -0.370. The fourth-order valence-corrected chi connectivity index (χ4v) is 2.16. The molecule has 13 heavy (non-hydrogen) atoms. The maximum Gasteiger partial charge on any atom is 0.0441 e. The highest BCUT2D eigenvalue weighted by Gasteiger charge is 2.05. The second kappa shape index (κ2) is 6.14. The zero-order valence-electron chi connectivity index (χ0n) is 8.62. The minimum atomic E-state index is 0.704. The molecule has 1 unspecified atom stereocenters. The van der Waals surface area contributed by atoms with Crippen molar-refractivity contribution in [2.75, 3.05) is 0 Å². The maximum atomic E-state index is 4.13. The predicted molar refractivity (Wildman–Crippen MR) is 59.3 cm³/mol. The minimum absolute atomic E-state index is 0.704. The quantitative estimate of drug-likeness (QED) is 0.622. The first-order valence-electron chi connectivity index (χ1n) is 5.24. The summed E-state index contributed by atoms with van der Waals surface area (Å²) in [7, 11) is 0. The molecular formula is C11H19NS. The van der Waals surface area contributed by atoms with Crippen molar-refractivity contribution in [2.45, 2.75) is 51.9 Å². The van der Waals surface area contributed by atoms with Gasteiger partial charge in [-0.05, 0) is 29.4 Å². The number of hydrogen-bond acceptors (Lipinski definition) is 2. The van der Waals surface area contributed by atoms with Crippen LogP contribution in [0.1, 0.15) is 57.4 Å². The summed E-state index contributed by atoms with van der Waals surface area (Å²) < 4.78 is 4.13. The van der Waals surface area contributed by atoms with Crippen molar-refractivity contribution in [3.63, 3.8) is 0 Å². The van der Waals surface area contributed by atoms with Crippen LogP contribution in [0.5, 0.6) is 0 Å². The Morgan fingerprint density at radius 1 is 1.38 bits per heavy atom. The molecule has 74 valence electrons. The topological polar surface area (TPSA) is 12.9 Å². The zero-order valence-corrected chi connectivity index (χ0v) is 9.44. The van der Waals surface area contributed by atoms with Crippen LogP contribution >= 0.6 is 11.5 Å². The van der Waals surface area contributed by atoms with E-state index in [0.29, 0.717) is 5.92 Å². The van der Waals surface area contributed by atoms with Crippen LogP contribution in [0.2, 0.25) is 0 Å². The molecular weight excluding hydrogens is 178 g/mol. The lowest BCUT2D eigenvalue weighted by Gasteiger charge is -2.07. The van der Waals surface area contributed by atoms with E-state index in [2.05, 4.69) is 23.6 Å². The second-order valence-corrected chi connectivity index (χ2v) is 4.37. The normalized spacial score (nSPS) is 13.1. The Balaban J connectivity index is 2.15. The van der Waals surface area contributed by atoms with Crippen LogP contribution in [0.15, 0.2) is 11.6 Å². The summed E-state index contributed by atoms with van der Waals surface area (Å²) in [4.78, 5) is 0. The van der Waals surface area contributed by atoms with Gasteiger partial charge in [-0.2, -0.15) is 0 Å². The van der Waals surface area contributed by atoms with Crippen LogP contribution in [0.4, 0.5) is 0 Å². The van der Waals surface area contributed by atoms with Gasteiger partial charge in [-0.3, -0.25) is 0 Å². The summed E-state index contributed by atoms with van der Waals surface area (Å²) in [6.07, 6.45) is 8.79. The van der Waals surface area contributed by atoms with Gasteiger partial charge in [-0.1, -0.05) is 39.5 Å². The van der Waals surface area contributed by atoms with Crippen molar-refractivity contribution in [3.05, 3.63) is 17.1 Å². The number of aromatic nitrogens is 1. The monoisotopic (exact) mass is 197 g/mol. The maximum absolute atomic E-state index is 4.13. The Morgan fingerprint density at radius 3 is 2.85 bits per heavy atom. The van der Waals surface area contributed by atoms with Crippen molar-refractivity contribution >= 4 is 11.5 Å². The lowest BCUT2D eigenvalue weighted by atomic mass is 9.98.